The zero-order chi connectivity index (χ0) is 22.7. The van der Waals surface area contributed by atoms with Gasteiger partial charge in [-0.15, -0.1) is 0 Å². The van der Waals surface area contributed by atoms with Gasteiger partial charge in [0.2, 0.25) is 0 Å². The van der Waals surface area contributed by atoms with Crippen molar-refractivity contribution in [2.24, 2.45) is 0 Å². The van der Waals surface area contributed by atoms with Crippen LogP contribution < -0.4 is 5.32 Å². The lowest BCUT2D eigenvalue weighted by Gasteiger charge is -2.17. The number of hydrogen-bond acceptors (Lipinski definition) is 3. The molecule has 0 heterocycles. The molecule has 0 bridgehead atoms. The Morgan fingerprint density at radius 2 is 1.59 bits per heavy atom. The van der Waals surface area contributed by atoms with Crippen LogP contribution in [0, 0.1) is 11.6 Å². The first-order chi connectivity index (χ1) is 15.4. The molecule has 1 aliphatic carbocycles. The number of halogens is 2. The van der Waals surface area contributed by atoms with Crippen molar-refractivity contribution in [2.45, 2.75) is 24.8 Å². The van der Waals surface area contributed by atoms with Crippen LogP contribution in [0.4, 0.5) is 13.6 Å². The molecule has 1 atom stereocenters. The third kappa shape index (κ3) is 4.46. The molecule has 0 saturated heterocycles. The molecule has 0 aromatic heterocycles. The lowest BCUT2D eigenvalue weighted by atomic mass is 9.98. The minimum absolute atomic E-state index is 0.0206. The normalized spacial score (nSPS) is 13.2. The fraction of sp³-hybridized carbons (Fsp3) is 0.200. The van der Waals surface area contributed by atoms with Crippen LogP contribution in [-0.4, -0.2) is 29.8 Å². The summed E-state index contributed by atoms with van der Waals surface area (Å²) in [6.07, 6.45) is -0.909. The Kier molecular flexibility index (Phi) is 6.16. The fourth-order valence-electron chi connectivity index (χ4n) is 4.06. The van der Waals surface area contributed by atoms with Gasteiger partial charge >= 0.3 is 12.1 Å². The number of fused-ring (bicyclic) bond motifs is 3. The molecule has 0 saturated carbocycles. The Morgan fingerprint density at radius 1 is 0.969 bits per heavy atom. The Hall–Kier alpha value is -3.74. The topological polar surface area (TPSA) is 75.6 Å². The quantitative estimate of drug-likeness (QED) is 0.552. The average molecular weight is 437 g/mol. The number of amides is 1. The van der Waals surface area contributed by atoms with Gasteiger partial charge in [0.25, 0.3) is 0 Å². The molecular formula is C25H21F2NO4. The number of rotatable bonds is 7. The highest BCUT2D eigenvalue weighted by Crippen LogP contribution is 2.44. The molecule has 3 aromatic carbocycles. The highest BCUT2D eigenvalue weighted by atomic mass is 19.1. The Morgan fingerprint density at radius 3 is 2.19 bits per heavy atom. The number of alkyl carbamates (subject to hydrolysis) is 1. The van der Waals surface area contributed by atoms with Crippen molar-refractivity contribution in [2.75, 3.05) is 6.61 Å². The summed E-state index contributed by atoms with van der Waals surface area (Å²) < 4.78 is 32.2. The van der Waals surface area contributed by atoms with Crippen LogP contribution in [0.2, 0.25) is 0 Å². The van der Waals surface area contributed by atoms with Gasteiger partial charge in [-0.3, -0.25) is 0 Å². The average Bonchev–Trinajstić information content (AvgIpc) is 3.10. The largest absolute Gasteiger partial charge is 0.480 e. The number of aliphatic carboxylic acids is 1. The number of carboxylic acid groups (broad SMARTS) is 1. The molecular weight excluding hydrogens is 416 g/mol. The highest BCUT2D eigenvalue weighted by Gasteiger charge is 2.29. The highest BCUT2D eigenvalue weighted by molar-refractivity contribution is 5.81. The summed E-state index contributed by atoms with van der Waals surface area (Å²) in [5.41, 5.74) is 4.43. The van der Waals surface area contributed by atoms with E-state index in [0.717, 1.165) is 34.4 Å². The summed E-state index contributed by atoms with van der Waals surface area (Å²) in [4.78, 5) is 23.9. The summed E-state index contributed by atoms with van der Waals surface area (Å²) in [6, 6.07) is 17.6. The van der Waals surface area contributed by atoms with Gasteiger partial charge in [0.15, 0.2) is 0 Å². The molecule has 1 aliphatic rings. The third-order valence-corrected chi connectivity index (χ3v) is 5.65. The van der Waals surface area contributed by atoms with Crippen molar-refractivity contribution in [1.29, 1.82) is 0 Å². The van der Waals surface area contributed by atoms with Gasteiger partial charge in [-0.25, -0.2) is 18.4 Å². The maximum Gasteiger partial charge on any atom is 0.407 e. The van der Waals surface area contributed by atoms with Gasteiger partial charge in [-0.05, 0) is 46.7 Å². The van der Waals surface area contributed by atoms with Crippen LogP contribution in [0.5, 0.6) is 0 Å². The van der Waals surface area contributed by atoms with Crippen molar-refractivity contribution in [3.63, 3.8) is 0 Å². The SMILES string of the molecule is O=C(NC(CCc1ccc(F)cc1F)C(=O)O)OCC1c2ccccc2-c2ccccc21. The first-order valence-corrected chi connectivity index (χ1v) is 10.2. The lowest BCUT2D eigenvalue weighted by molar-refractivity contribution is -0.139. The van der Waals surface area contributed by atoms with Gasteiger partial charge in [0, 0.05) is 12.0 Å². The Balaban J connectivity index is 1.39. The molecule has 1 unspecified atom stereocenters. The van der Waals surface area contributed by atoms with E-state index in [1.165, 1.54) is 6.07 Å². The van der Waals surface area contributed by atoms with E-state index < -0.39 is 29.7 Å². The third-order valence-electron chi connectivity index (χ3n) is 5.65. The van der Waals surface area contributed by atoms with Crippen molar-refractivity contribution in [3.05, 3.63) is 95.1 Å². The minimum Gasteiger partial charge on any atom is -0.480 e. The van der Waals surface area contributed by atoms with Crippen molar-refractivity contribution in [1.82, 2.24) is 5.32 Å². The molecule has 1 amide bonds. The number of ether oxygens (including phenoxy) is 1. The maximum absolute atomic E-state index is 13.8. The molecule has 0 fully saturated rings. The van der Waals surface area contributed by atoms with Gasteiger partial charge < -0.3 is 15.2 Å². The zero-order valence-electron chi connectivity index (χ0n) is 17.1. The molecule has 164 valence electrons. The van der Waals surface area contributed by atoms with E-state index in [1.807, 2.05) is 48.5 Å². The molecule has 32 heavy (non-hydrogen) atoms. The number of aryl methyl sites for hydroxylation is 1. The van der Waals surface area contributed by atoms with Crippen LogP contribution in [0.15, 0.2) is 66.7 Å². The van der Waals surface area contributed by atoms with Crippen molar-refractivity contribution >= 4 is 12.1 Å². The summed E-state index contributed by atoms with van der Waals surface area (Å²) in [5.74, 6) is -2.88. The predicted octanol–water partition coefficient (Wildman–Crippen LogP) is 4.89. The molecule has 0 aliphatic heterocycles. The lowest BCUT2D eigenvalue weighted by Crippen LogP contribution is -2.41. The van der Waals surface area contributed by atoms with E-state index in [2.05, 4.69) is 5.32 Å². The second-order valence-electron chi connectivity index (χ2n) is 7.64. The van der Waals surface area contributed by atoms with Crippen LogP contribution in [0.1, 0.15) is 29.0 Å². The van der Waals surface area contributed by atoms with Gasteiger partial charge in [-0.2, -0.15) is 0 Å². The number of benzene rings is 3. The van der Waals surface area contributed by atoms with E-state index in [9.17, 15) is 23.5 Å². The van der Waals surface area contributed by atoms with Crippen molar-refractivity contribution in [3.8, 4) is 11.1 Å². The predicted molar refractivity (Wildman–Crippen MR) is 114 cm³/mol. The second kappa shape index (κ2) is 9.18. The van der Waals surface area contributed by atoms with Gasteiger partial charge in [-0.1, -0.05) is 54.6 Å². The molecule has 7 heteroatoms. The number of nitrogens with one attached hydrogen (secondary N) is 1. The molecule has 0 radical (unpaired) electrons. The van der Waals surface area contributed by atoms with E-state index in [4.69, 9.17) is 4.74 Å². The second-order valence-corrected chi connectivity index (χ2v) is 7.64. The molecule has 0 spiro atoms. The number of carboxylic acids is 1. The standard InChI is InChI=1S/C25H21F2NO4/c26-16-11-9-15(22(27)13-16)10-12-23(24(29)30)28-25(31)32-14-21-19-7-3-1-5-17(19)18-6-2-4-8-20(18)21/h1-9,11,13,21,23H,10,12,14H2,(H,28,31)(H,29,30). The van der Waals surface area contributed by atoms with E-state index >= 15 is 0 Å². The van der Waals surface area contributed by atoms with E-state index in [1.54, 1.807) is 0 Å². The van der Waals surface area contributed by atoms with E-state index in [-0.39, 0.29) is 30.9 Å². The van der Waals surface area contributed by atoms with Crippen LogP contribution in [0.25, 0.3) is 11.1 Å². The first kappa shape index (κ1) is 21.5. The zero-order valence-corrected chi connectivity index (χ0v) is 17.1. The maximum atomic E-state index is 13.8. The van der Waals surface area contributed by atoms with Crippen LogP contribution >= 0.6 is 0 Å². The van der Waals surface area contributed by atoms with Crippen LogP contribution in [-0.2, 0) is 16.0 Å². The number of carbonyl (C=O) groups excluding carboxylic acids is 1. The Labute approximate surface area is 183 Å². The minimum atomic E-state index is -1.27. The monoisotopic (exact) mass is 437 g/mol. The first-order valence-electron chi connectivity index (χ1n) is 10.2. The molecule has 5 nitrogen and oxygen atoms in total. The molecule has 3 aromatic rings. The summed E-state index contributed by atoms with van der Waals surface area (Å²) in [5, 5.41) is 11.8. The summed E-state index contributed by atoms with van der Waals surface area (Å²) in [7, 11) is 0. The van der Waals surface area contributed by atoms with Crippen LogP contribution in [0.3, 0.4) is 0 Å². The smallest absolute Gasteiger partial charge is 0.407 e. The van der Waals surface area contributed by atoms with Gasteiger partial charge in [0.05, 0.1) is 0 Å². The van der Waals surface area contributed by atoms with E-state index in [0.29, 0.717) is 0 Å². The van der Waals surface area contributed by atoms with Crippen molar-refractivity contribution < 1.29 is 28.2 Å². The number of carbonyl (C=O) groups is 2. The molecule has 4 rings (SSSR count). The van der Waals surface area contributed by atoms with Gasteiger partial charge in [0.1, 0.15) is 24.3 Å². The summed E-state index contributed by atoms with van der Waals surface area (Å²) >= 11 is 0. The Bertz CT molecular complexity index is 1120. The number of hydrogen-bond donors (Lipinski definition) is 2. The fourth-order valence-corrected chi connectivity index (χ4v) is 4.06. The molecule has 2 N–H and O–H groups in total. The summed E-state index contributed by atoms with van der Waals surface area (Å²) in [6.45, 7) is 0.0544.